The highest BCUT2D eigenvalue weighted by Gasteiger charge is 2.16. The van der Waals surface area contributed by atoms with Crippen LogP contribution in [0.5, 0.6) is 0 Å². The Hall–Kier alpha value is -2.18. The lowest BCUT2D eigenvalue weighted by molar-refractivity contribution is 0.0636. The third-order valence-corrected chi connectivity index (χ3v) is 4.43. The summed E-state index contributed by atoms with van der Waals surface area (Å²) in [7, 11) is 0. The molecule has 1 N–H and O–H groups in total. The Labute approximate surface area is 157 Å². The van der Waals surface area contributed by atoms with Crippen molar-refractivity contribution in [2.24, 2.45) is 0 Å². The minimum atomic E-state index is -1.46. The number of aryl methyl sites for hydroxylation is 1. The number of hydrogen-bond acceptors (Lipinski definition) is 4. The summed E-state index contributed by atoms with van der Waals surface area (Å²) in [6, 6.07) is 14.8. The van der Waals surface area contributed by atoms with E-state index in [-0.39, 0.29) is 0 Å². The van der Waals surface area contributed by atoms with Gasteiger partial charge in [0.1, 0.15) is 5.60 Å². The zero-order valence-electron chi connectivity index (χ0n) is 15.6. The van der Waals surface area contributed by atoms with Gasteiger partial charge in [-0.05, 0) is 63.9 Å². The van der Waals surface area contributed by atoms with Crippen molar-refractivity contribution < 1.29 is 17.9 Å². The standard InChI is InChI=1S/C20H25NO4S/c1-15-5-11-18(12-6-15)26(23)24-14-13-16-7-9-17(10-8-16)21-19(22)25-20(2,3)4/h5-12H,13-14H2,1-4H3,(H,21,22). The van der Waals surface area contributed by atoms with Crippen LogP contribution in [-0.2, 0) is 26.4 Å². The third-order valence-electron chi connectivity index (χ3n) is 3.39. The van der Waals surface area contributed by atoms with Gasteiger partial charge in [-0.25, -0.2) is 9.00 Å². The van der Waals surface area contributed by atoms with Crippen molar-refractivity contribution in [3.05, 3.63) is 59.7 Å². The minimum Gasteiger partial charge on any atom is -0.444 e. The van der Waals surface area contributed by atoms with Gasteiger partial charge >= 0.3 is 6.09 Å². The second-order valence-electron chi connectivity index (χ2n) is 6.94. The number of carbonyl (C=O) groups is 1. The molecule has 0 radical (unpaired) electrons. The van der Waals surface area contributed by atoms with E-state index in [2.05, 4.69) is 5.32 Å². The van der Waals surface area contributed by atoms with Crippen LogP contribution in [0.2, 0.25) is 0 Å². The molecule has 0 bridgehead atoms. The van der Waals surface area contributed by atoms with Gasteiger partial charge in [-0.1, -0.05) is 29.8 Å². The maximum Gasteiger partial charge on any atom is 0.412 e. The second-order valence-corrected chi connectivity index (χ2v) is 8.12. The van der Waals surface area contributed by atoms with Crippen molar-refractivity contribution in [1.29, 1.82) is 0 Å². The number of carbonyl (C=O) groups excluding carboxylic acids is 1. The lowest BCUT2D eigenvalue weighted by Crippen LogP contribution is -2.27. The number of hydrogen-bond donors (Lipinski definition) is 1. The molecule has 0 saturated heterocycles. The van der Waals surface area contributed by atoms with Gasteiger partial charge in [-0.2, -0.15) is 0 Å². The molecule has 0 aliphatic heterocycles. The topological polar surface area (TPSA) is 64.6 Å². The van der Waals surface area contributed by atoms with Crippen LogP contribution < -0.4 is 5.32 Å². The molecule has 2 aromatic carbocycles. The molecule has 0 heterocycles. The monoisotopic (exact) mass is 375 g/mol. The summed E-state index contributed by atoms with van der Waals surface area (Å²) in [6.45, 7) is 7.77. The third kappa shape index (κ3) is 6.98. The molecule has 26 heavy (non-hydrogen) atoms. The summed E-state index contributed by atoms with van der Waals surface area (Å²) in [4.78, 5) is 12.4. The fourth-order valence-corrected chi connectivity index (χ4v) is 2.86. The lowest BCUT2D eigenvalue weighted by atomic mass is 10.1. The van der Waals surface area contributed by atoms with E-state index < -0.39 is 22.8 Å². The van der Waals surface area contributed by atoms with Crippen LogP contribution in [-0.4, -0.2) is 22.5 Å². The summed E-state index contributed by atoms with van der Waals surface area (Å²) >= 11 is -1.46. The average Bonchev–Trinajstić information content (AvgIpc) is 2.55. The first kappa shape index (κ1) is 20.1. The summed E-state index contributed by atoms with van der Waals surface area (Å²) in [5.41, 5.74) is 2.27. The van der Waals surface area contributed by atoms with Crippen LogP contribution in [0.3, 0.4) is 0 Å². The molecule has 2 aromatic rings. The Kier molecular flexibility index (Phi) is 6.94. The molecule has 0 fully saturated rings. The molecule has 6 heteroatoms. The van der Waals surface area contributed by atoms with Gasteiger partial charge in [0.25, 0.3) is 0 Å². The van der Waals surface area contributed by atoms with Crippen LogP contribution in [0, 0.1) is 6.92 Å². The quantitative estimate of drug-likeness (QED) is 0.800. The van der Waals surface area contributed by atoms with Crippen LogP contribution >= 0.6 is 0 Å². The molecule has 1 unspecified atom stereocenters. The maximum atomic E-state index is 12.1. The summed E-state index contributed by atoms with van der Waals surface area (Å²) in [5.74, 6) is 0. The van der Waals surface area contributed by atoms with E-state index in [4.69, 9.17) is 8.92 Å². The van der Waals surface area contributed by atoms with Crippen molar-refractivity contribution in [3.8, 4) is 0 Å². The number of anilines is 1. The van der Waals surface area contributed by atoms with Gasteiger partial charge in [-0.15, -0.1) is 0 Å². The van der Waals surface area contributed by atoms with Gasteiger partial charge < -0.3 is 4.74 Å². The molecule has 0 aliphatic rings. The molecule has 0 aliphatic carbocycles. The Bertz CT molecular complexity index is 749. The van der Waals surface area contributed by atoms with Crippen molar-refractivity contribution in [3.63, 3.8) is 0 Å². The van der Waals surface area contributed by atoms with Gasteiger partial charge in [0.05, 0.1) is 11.5 Å². The predicted octanol–water partition coefficient (Wildman–Crippen LogP) is 4.62. The van der Waals surface area contributed by atoms with Gasteiger partial charge in [0.15, 0.2) is 11.1 Å². The van der Waals surface area contributed by atoms with E-state index in [0.717, 1.165) is 11.1 Å². The molecule has 5 nitrogen and oxygen atoms in total. The van der Waals surface area contributed by atoms with Crippen LogP contribution in [0.15, 0.2) is 53.4 Å². The largest absolute Gasteiger partial charge is 0.444 e. The zero-order chi connectivity index (χ0) is 19.2. The van der Waals surface area contributed by atoms with E-state index in [0.29, 0.717) is 23.6 Å². The number of nitrogens with one attached hydrogen (secondary N) is 1. The number of amides is 1. The summed E-state index contributed by atoms with van der Waals surface area (Å²) in [6.07, 6.45) is 0.145. The lowest BCUT2D eigenvalue weighted by Gasteiger charge is -2.19. The van der Waals surface area contributed by atoms with E-state index >= 15 is 0 Å². The first-order valence-electron chi connectivity index (χ1n) is 8.43. The fraction of sp³-hybridized carbons (Fsp3) is 0.350. The molecule has 1 atom stereocenters. The van der Waals surface area contributed by atoms with Crippen molar-refractivity contribution >= 4 is 22.9 Å². The number of benzene rings is 2. The fourth-order valence-electron chi connectivity index (χ4n) is 2.13. The normalized spacial score (nSPS) is 12.5. The molecular weight excluding hydrogens is 350 g/mol. The maximum absolute atomic E-state index is 12.1. The molecule has 0 saturated carbocycles. The van der Waals surface area contributed by atoms with Gasteiger partial charge in [-0.3, -0.25) is 9.50 Å². The second kappa shape index (κ2) is 8.96. The first-order chi connectivity index (χ1) is 12.2. The van der Waals surface area contributed by atoms with Crippen LogP contribution in [0.4, 0.5) is 10.5 Å². The smallest absolute Gasteiger partial charge is 0.412 e. The Morgan fingerprint density at radius 2 is 1.65 bits per heavy atom. The molecule has 2 rings (SSSR count). The molecule has 0 aromatic heterocycles. The highest BCUT2D eigenvalue weighted by molar-refractivity contribution is 7.80. The van der Waals surface area contributed by atoms with E-state index in [1.807, 2.05) is 64.1 Å². The minimum absolute atomic E-state index is 0.347. The summed E-state index contributed by atoms with van der Waals surface area (Å²) < 4.78 is 22.7. The molecule has 140 valence electrons. The van der Waals surface area contributed by atoms with Gasteiger partial charge in [0.2, 0.25) is 0 Å². The average molecular weight is 375 g/mol. The SMILES string of the molecule is Cc1ccc(S(=O)OCCc2ccc(NC(=O)OC(C)(C)C)cc2)cc1. The number of ether oxygens (including phenoxy) is 1. The van der Waals surface area contributed by atoms with Gasteiger partial charge in [0, 0.05) is 5.69 Å². The Morgan fingerprint density at radius 1 is 1.04 bits per heavy atom. The molecule has 1 amide bonds. The molecule has 0 spiro atoms. The summed E-state index contributed by atoms with van der Waals surface area (Å²) in [5, 5.41) is 2.68. The predicted molar refractivity (Wildman–Crippen MR) is 104 cm³/mol. The highest BCUT2D eigenvalue weighted by Crippen LogP contribution is 2.14. The Balaban J connectivity index is 1.79. The van der Waals surface area contributed by atoms with E-state index in [1.165, 1.54) is 0 Å². The van der Waals surface area contributed by atoms with Crippen LogP contribution in [0.25, 0.3) is 0 Å². The van der Waals surface area contributed by atoms with Crippen molar-refractivity contribution in [2.45, 2.75) is 44.6 Å². The number of rotatable bonds is 6. The van der Waals surface area contributed by atoms with Crippen molar-refractivity contribution in [1.82, 2.24) is 0 Å². The van der Waals surface area contributed by atoms with Crippen molar-refractivity contribution in [2.75, 3.05) is 11.9 Å². The highest BCUT2D eigenvalue weighted by atomic mass is 32.2. The van der Waals surface area contributed by atoms with E-state index in [9.17, 15) is 9.00 Å². The molecular formula is C20H25NO4S. The van der Waals surface area contributed by atoms with Crippen LogP contribution in [0.1, 0.15) is 31.9 Å². The Morgan fingerprint density at radius 3 is 2.23 bits per heavy atom. The van der Waals surface area contributed by atoms with E-state index in [1.54, 1.807) is 12.1 Å². The zero-order valence-corrected chi connectivity index (χ0v) is 16.4. The first-order valence-corrected chi connectivity index (χ1v) is 9.51.